The normalized spacial score (nSPS) is 12.5. The van der Waals surface area contributed by atoms with E-state index in [0.29, 0.717) is 6.54 Å². The largest absolute Gasteiger partial charge is 0.391 e. The van der Waals surface area contributed by atoms with E-state index in [1.54, 1.807) is 6.07 Å². The van der Waals surface area contributed by atoms with E-state index >= 15 is 0 Å². The number of benzene rings is 1. The number of non-ortho nitro benzene ring substituents is 1. The molecule has 0 aromatic heterocycles. The van der Waals surface area contributed by atoms with Gasteiger partial charge < -0.3 is 10.4 Å². The molecule has 2 N–H and O–H groups in total. The van der Waals surface area contributed by atoms with Crippen LogP contribution in [0.25, 0.3) is 0 Å². The van der Waals surface area contributed by atoms with E-state index in [-0.39, 0.29) is 11.6 Å². The second-order valence-corrected chi connectivity index (χ2v) is 4.78. The first-order chi connectivity index (χ1) is 8.99. The highest BCUT2D eigenvalue weighted by Crippen LogP contribution is 2.22. The van der Waals surface area contributed by atoms with E-state index in [1.165, 1.54) is 12.1 Å². The van der Waals surface area contributed by atoms with Crippen LogP contribution in [0.4, 0.5) is 11.4 Å². The Bertz CT molecular complexity index is 431. The fourth-order valence-electron chi connectivity index (χ4n) is 2.17. The lowest BCUT2D eigenvalue weighted by atomic mass is 9.96. The molecular formula is C14H22N2O3. The third-order valence-corrected chi connectivity index (χ3v) is 3.52. The third-order valence-electron chi connectivity index (χ3n) is 3.52. The van der Waals surface area contributed by atoms with E-state index in [1.807, 2.05) is 6.92 Å². The number of nitro benzene ring substituents is 1. The first kappa shape index (κ1) is 15.4. The molecule has 0 bridgehead atoms. The van der Waals surface area contributed by atoms with Crippen LogP contribution in [0.3, 0.4) is 0 Å². The van der Waals surface area contributed by atoms with Crippen molar-refractivity contribution in [3.8, 4) is 0 Å². The Morgan fingerprint density at radius 3 is 2.47 bits per heavy atom. The molecule has 1 unspecified atom stereocenters. The monoisotopic (exact) mass is 266 g/mol. The number of aliphatic hydroxyl groups excluding tert-OH is 1. The Balaban J connectivity index is 2.65. The molecule has 0 saturated heterocycles. The van der Waals surface area contributed by atoms with Gasteiger partial charge in [-0.1, -0.05) is 26.7 Å². The maximum absolute atomic E-state index is 10.6. The first-order valence-corrected chi connectivity index (χ1v) is 6.66. The Labute approximate surface area is 113 Å². The molecule has 1 aromatic rings. The van der Waals surface area contributed by atoms with Gasteiger partial charge in [0, 0.05) is 24.4 Å². The summed E-state index contributed by atoms with van der Waals surface area (Å²) in [6, 6.07) is 4.69. The number of aryl methyl sites for hydroxylation is 1. The van der Waals surface area contributed by atoms with Crippen molar-refractivity contribution < 1.29 is 10.0 Å². The summed E-state index contributed by atoms with van der Waals surface area (Å²) < 4.78 is 0. The van der Waals surface area contributed by atoms with Gasteiger partial charge in [-0.25, -0.2) is 0 Å². The Morgan fingerprint density at radius 1 is 1.37 bits per heavy atom. The molecule has 0 radical (unpaired) electrons. The molecule has 0 aliphatic carbocycles. The van der Waals surface area contributed by atoms with Gasteiger partial charge in [-0.05, 0) is 24.5 Å². The van der Waals surface area contributed by atoms with Crippen LogP contribution in [0.2, 0.25) is 0 Å². The summed E-state index contributed by atoms with van der Waals surface area (Å²) in [5.74, 6) is 0.283. The van der Waals surface area contributed by atoms with Gasteiger partial charge in [0.05, 0.1) is 11.0 Å². The minimum Gasteiger partial charge on any atom is -0.391 e. The minimum atomic E-state index is -0.407. The number of rotatable bonds is 7. The number of hydrogen-bond donors (Lipinski definition) is 2. The molecular weight excluding hydrogens is 244 g/mol. The van der Waals surface area contributed by atoms with E-state index in [9.17, 15) is 15.2 Å². The molecule has 5 heteroatoms. The van der Waals surface area contributed by atoms with Crippen molar-refractivity contribution in [2.24, 2.45) is 5.92 Å². The summed E-state index contributed by atoms with van der Waals surface area (Å²) in [6.45, 7) is 6.41. The van der Waals surface area contributed by atoms with Crippen LogP contribution in [0.15, 0.2) is 18.2 Å². The second-order valence-electron chi connectivity index (χ2n) is 4.78. The number of hydrogen-bond acceptors (Lipinski definition) is 4. The molecule has 1 aromatic carbocycles. The Morgan fingerprint density at radius 2 is 2.00 bits per heavy atom. The highest BCUT2D eigenvalue weighted by atomic mass is 16.6. The Kier molecular flexibility index (Phi) is 5.76. The lowest BCUT2D eigenvalue weighted by Crippen LogP contribution is -2.27. The lowest BCUT2D eigenvalue weighted by Gasteiger charge is -2.21. The van der Waals surface area contributed by atoms with E-state index in [0.717, 1.165) is 24.1 Å². The maximum Gasteiger partial charge on any atom is 0.269 e. The predicted molar refractivity (Wildman–Crippen MR) is 76.4 cm³/mol. The molecule has 1 atom stereocenters. The van der Waals surface area contributed by atoms with Crippen molar-refractivity contribution in [2.45, 2.75) is 39.7 Å². The van der Waals surface area contributed by atoms with Crippen molar-refractivity contribution >= 4 is 11.4 Å². The van der Waals surface area contributed by atoms with Gasteiger partial charge in [-0.3, -0.25) is 10.1 Å². The summed E-state index contributed by atoms with van der Waals surface area (Å²) in [5, 5.41) is 23.8. The molecule has 1 rings (SSSR count). The number of nitrogens with zero attached hydrogens (tertiary/aromatic N) is 1. The van der Waals surface area contributed by atoms with Gasteiger partial charge in [-0.2, -0.15) is 0 Å². The third kappa shape index (κ3) is 4.21. The summed E-state index contributed by atoms with van der Waals surface area (Å²) in [4.78, 5) is 10.2. The zero-order chi connectivity index (χ0) is 14.4. The molecule has 5 nitrogen and oxygen atoms in total. The second kappa shape index (κ2) is 7.09. The molecule has 0 heterocycles. The predicted octanol–water partition coefficient (Wildman–Crippen LogP) is 3.11. The van der Waals surface area contributed by atoms with Crippen LogP contribution in [0.1, 0.15) is 32.3 Å². The SMILES string of the molecule is CCC(CC)C(O)CNc1ccc([N+](=O)[O-])cc1C. The maximum atomic E-state index is 10.6. The molecule has 0 amide bonds. The molecule has 0 fully saturated rings. The zero-order valence-electron chi connectivity index (χ0n) is 11.7. The molecule has 0 aliphatic rings. The quantitative estimate of drug-likeness (QED) is 0.587. The van der Waals surface area contributed by atoms with E-state index in [2.05, 4.69) is 19.2 Å². The van der Waals surface area contributed by atoms with Crippen LogP contribution >= 0.6 is 0 Å². The molecule has 0 spiro atoms. The van der Waals surface area contributed by atoms with Crippen molar-refractivity contribution in [1.29, 1.82) is 0 Å². The first-order valence-electron chi connectivity index (χ1n) is 6.66. The summed E-state index contributed by atoms with van der Waals surface area (Å²) in [6.07, 6.45) is 1.49. The topological polar surface area (TPSA) is 75.4 Å². The lowest BCUT2D eigenvalue weighted by molar-refractivity contribution is -0.384. The smallest absolute Gasteiger partial charge is 0.269 e. The van der Waals surface area contributed by atoms with Gasteiger partial charge in [-0.15, -0.1) is 0 Å². The van der Waals surface area contributed by atoms with Crippen molar-refractivity contribution in [1.82, 2.24) is 0 Å². The molecule has 106 valence electrons. The van der Waals surface area contributed by atoms with Crippen LogP contribution in [-0.4, -0.2) is 22.7 Å². The van der Waals surface area contributed by atoms with E-state index in [4.69, 9.17) is 0 Å². The highest BCUT2D eigenvalue weighted by Gasteiger charge is 2.15. The number of aliphatic hydroxyl groups is 1. The molecule has 0 aliphatic heterocycles. The van der Waals surface area contributed by atoms with Gasteiger partial charge >= 0.3 is 0 Å². The van der Waals surface area contributed by atoms with Crippen LogP contribution < -0.4 is 5.32 Å². The van der Waals surface area contributed by atoms with Gasteiger partial charge in [0.2, 0.25) is 0 Å². The van der Waals surface area contributed by atoms with Gasteiger partial charge in [0.15, 0.2) is 0 Å². The van der Waals surface area contributed by atoms with Crippen molar-refractivity contribution in [3.63, 3.8) is 0 Å². The van der Waals surface area contributed by atoms with Crippen LogP contribution in [0, 0.1) is 23.0 Å². The highest BCUT2D eigenvalue weighted by molar-refractivity contribution is 5.55. The van der Waals surface area contributed by atoms with Crippen LogP contribution in [0.5, 0.6) is 0 Å². The van der Waals surface area contributed by atoms with Gasteiger partial charge in [0.25, 0.3) is 5.69 Å². The average molecular weight is 266 g/mol. The number of anilines is 1. The standard InChI is InChI=1S/C14H22N2O3/c1-4-11(5-2)14(17)9-15-13-7-6-12(16(18)19)8-10(13)3/h6-8,11,14-15,17H,4-5,9H2,1-3H3. The zero-order valence-corrected chi connectivity index (χ0v) is 11.7. The summed E-state index contributed by atoms with van der Waals surface area (Å²) in [7, 11) is 0. The van der Waals surface area contributed by atoms with Crippen LogP contribution in [-0.2, 0) is 0 Å². The average Bonchev–Trinajstić information content (AvgIpc) is 2.38. The Hall–Kier alpha value is -1.62. The van der Waals surface area contributed by atoms with Crippen molar-refractivity contribution in [2.75, 3.05) is 11.9 Å². The van der Waals surface area contributed by atoms with Gasteiger partial charge in [0.1, 0.15) is 0 Å². The van der Waals surface area contributed by atoms with E-state index < -0.39 is 11.0 Å². The summed E-state index contributed by atoms with van der Waals surface area (Å²) >= 11 is 0. The number of nitro groups is 1. The fraction of sp³-hybridized carbons (Fsp3) is 0.571. The number of nitrogens with one attached hydrogen (secondary N) is 1. The molecule has 0 saturated carbocycles. The van der Waals surface area contributed by atoms with Crippen molar-refractivity contribution in [3.05, 3.63) is 33.9 Å². The summed E-state index contributed by atoms with van der Waals surface area (Å²) in [5.41, 5.74) is 1.73. The minimum absolute atomic E-state index is 0.0867. The molecule has 19 heavy (non-hydrogen) atoms. The fourth-order valence-corrected chi connectivity index (χ4v) is 2.17.